The quantitative estimate of drug-likeness (QED) is 0.376. The average molecular weight is 340 g/mol. The maximum absolute atomic E-state index is 12.1. The van der Waals surface area contributed by atoms with Gasteiger partial charge in [-0.3, -0.25) is 14.9 Å². The molecule has 0 bridgehead atoms. The normalized spacial score (nSPS) is 10.4. The average Bonchev–Trinajstić information content (AvgIpc) is 2.61. The topological polar surface area (TPSA) is 98.5 Å². The summed E-state index contributed by atoms with van der Waals surface area (Å²) in [5, 5.41) is 13.3. The number of benzene rings is 2. The van der Waals surface area contributed by atoms with E-state index in [2.05, 4.69) is 5.32 Å². The molecule has 0 spiro atoms. The van der Waals surface area contributed by atoms with Gasteiger partial charge in [-0.05, 0) is 30.7 Å². The minimum Gasteiger partial charge on any atom is -0.462 e. The van der Waals surface area contributed by atoms with E-state index < -0.39 is 16.8 Å². The van der Waals surface area contributed by atoms with Crippen molar-refractivity contribution in [3.63, 3.8) is 0 Å². The number of nitrogens with zero attached hydrogens (tertiary/aromatic N) is 1. The van der Waals surface area contributed by atoms with E-state index in [1.807, 2.05) is 0 Å². The van der Waals surface area contributed by atoms with Crippen LogP contribution in [0.5, 0.6) is 0 Å². The first kappa shape index (κ1) is 17.9. The Morgan fingerprint density at radius 2 is 1.96 bits per heavy atom. The van der Waals surface area contributed by atoms with Crippen molar-refractivity contribution < 1.29 is 19.2 Å². The number of para-hydroxylation sites is 1. The molecule has 0 atom stereocenters. The molecule has 2 rings (SSSR count). The van der Waals surface area contributed by atoms with E-state index in [4.69, 9.17) is 4.74 Å². The highest BCUT2D eigenvalue weighted by molar-refractivity contribution is 6.06. The van der Waals surface area contributed by atoms with Crippen molar-refractivity contribution >= 4 is 29.3 Å². The maximum Gasteiger partial charge on any atom is 0.340 e. The minimum absolute atomic E-state index is 0.0600. The van der Waals surface area contributed by atoms with E-state index in [1.165, 1.54) is 30.4 Å². The molecule has 128 valence electrons. The highest BCUT2D eigenvalue weighted by atomic mass is 16.6. The van der Waals surface area contributed by atoms with Gasteiger partial charge in [0, 0.05) is 18.2 Å². The van der Waals surface area contributed by atoms with Crippen LogP contribution in [0.25, 0.3) is 6.08 Å². The van der Waals surface area contributed by atoms with Gasteiger partial charge in [-0.15, -0.1) is 0 Å². The number of nitrogens with one attached hydrogen (secondary N) is 1. The van der Waals surface area contributed by atoms with E-state index in [0.29, 0.717) is 11.3 Å². The summed E-state index contributed by atoms with van der Waals surface area (Å²) < 4.78 is 4.94. The Labute approximate surface area is 144 Å². The molecule has 25 heavy (non-hydrogen) atoms. The largest absolute Gasteiger partial charge is 0.462 e. The molecule has 0 aliphatic heterocycles. The summed E-state index contributed by atoms with van der Waals surface area (Å²) in [6, 6.07) is 12.4. The predicted octanol–water partition coefficient (Wildman–Crippen LogP) is 3.42. The fourth-order valence-electron chi connectivity index (χ4n) is 2.07. The predicted molar refractivity (Wildman–Crippen MR) is 93.2 cm³/mol. The van der Waals surface area contributed by atoms with Crippen LogP contribution < -0.4 is 5.32 Å². The molecule has 0 heterocycles. The molecule has 0 aliphatic carbocycles. The van der Waals surface area contributed by atoms with E-state index in [-0.39, 0.29) is 17.9 Å². The second kappa shape index (κ2) is 8.39. The van der Waals surface area contributed by atoms with Crippen LogP contribution in [0.3, 0.4) is 0 Å². The summed E-state index contributed by atoms with van der Waals surface area (Å²) in [5.41, 5.74) is 1.04. The molecule has 0 saturated heterocycles. The van der Waals surface area contributed by atoms with Crippen LogP contribution in [0.1, 0.15) is 22.8 Å². The van der Waals surface area contributed by atoms with Crippen LogP contribution in [0.4, 0.5) is 11.4 Å². The van der Waals surface area contributed by atoms with Gasteiger partial charge < -0.3 is 10.1 Å². The molecule has 0 aromatic heterocycles. The standard InChI is InChI=1S/C18H16N2O5/c1-2-25-18(22)15-8-3-4-9-16(15)19-17(21)11-10-13-6-5-7-14(12-13)20(23)24/h3-12H,2H2,1H3,(H,19,21)/b11-10+. The zero-order valence-corrected chi connectivity index (χ0v) is 13.5. The molecule has 2 aromatic carbocycles. The van der Waals surface area contributed by atoms with Crippen molar-refractivity contribution in [2.24, 2.45) is 0 Å². The van der Waals surface area contributed by atoms with Crippen LogP contribution in [0.15, 0.2) is 54.6 Å². The number of hydrogen-bond acceptors (Lipinski definition) is 5. The highest BCUT2D eigenvalue weighted by Crippen LogP contribution is 2.17. The molecule has 2 aromatic rings. The molecular formula is C18H16N2O5. The van der Waals surface area contributed by atoms with Gasteiger partial charge >= 0.3 is 5.97 Å². The number of nitro groups is 1. The number of esters is 1. The first-order valence-electron chi connectivity index (χ1n) is 7.51. The lowest BCUT2D eigenvalue weighted by atomic mass is 10.1. The molecular weight excluding hydrogens is 324 g/mol. The summed E-state index contributed by atoms with van der Waals surface area (Å²) in [6.45, 7) is 1.93. The summed E-state index contributed by atoms with van der Waals surface area (Å²) in [4.78, 5) is 34.2. The Balaban J connectivity index is 2.12. The van der Waals surface area contributed by atoms with E-state index >= 15 is 0 Å². The Bertz CT molecular complexity index is 830. The van der Waals surface area contributed by atoms with Gasteiger partial charge in [0.1, 0.15) is 0 Å². The van der Waals surface area contributed by atoms with Gasteiger partial charge in [-0.2, -0.15) is 0 Å². The van der Waals surface area contributed by atoms with Crippen molar-refractivity contribution in [2.45, 2.75) is 6.92 Å². The van der Waals surface area contributed by atoms with Gasteiger partial charge in [0.2, 0.25) is 5.91 Å². The number of non-ortho nitro benzene ring substituents is 1. The van der Waals surface area contributed by atoms with Gasteiger partial charge in [0.15, 0.2) is 0 Å². The van der Waals surface area contributed by atoms with Crippen LogP contribution in [-0.2, 0) is 9.53 Å². The maximum atomic E-state index is 12.1. The highest BCUT2D eigenvalue weighted by Gasteiger charge is 2.13. The van der Waals surface area contributed by atoms with Crippen molar-refractivity contribution in [3.05, 3.63) is 75.8 Å². The van der Waals surface area contributed by atoms with Gasteiger partial charge in [0.05, 0.1) is 22.8 Å². The molecule has 0 aliphatic rings. The zero-order valence-electron chi connectivity index (χ0n) is 13.5. The monoisotopic (exact) mass is 340 g/mol. The van der Waals surface area contributed by atoms with Crippen LogP contribution in [0, 0.1) is 10.1 Å². The number of nitro benzene ring substituents is 1. The van der Waals surface area contributed by atoms with Crippen molar-refractivity contribution in [3.8, 4) is 0 Å². The molecule has 0 fully saturated rings. The first-order chi connectivity index (χ1) is 12.0. The molecule has 7 heteroatoms. The van der Waals surface area contributed by atoms with Crippen LogP contribution in [0.2, 0.25) is 0 Å². The van der Waals surface area contributed by atoms with Gasteiger partial charge in [-0.1, -0.05) is 24.3 Å². The van der Waals surface area contributed by atoms with Crippen LogP contribution in [-0.4, -0.2) is 23.4 Å². The number of anilines is 1. The Morgan fingerprint density at radius 1 is 1.20 bits per heavy atom. The van der Waals surface area contributed by atoms with E-state index in [0.717, 1.165) is 0 Å². The molecule has 7 nitrogen and oxygen atoms in total. The fourth-order valence-corrected chi connectivity index (χ4v) is 2.07. The lowest BCUT2D eigenvalue weighted by Gasteiger charge is -2.08. The summed E-state index contributed by atoms with van der Waals surface area (Å²) in [7, 11) is 0. The lowest BCUT2D eigenvalue weighted by molar-refractivity contribution is -0.384. The number of amides is 1. The first-order valence-corrected chi connectivity index (χ1v) is 7.51. The number of carbonyl (C=O) groups is 2. The third-order valence-corrected chi connectivity index (χ3v) is 3.19. The van der Waals surface area contributed by atoms with E-state index in [1.54, 1.807) is 37.3 Å². The van der Waals surface area contributed by atoms with Gasteiger partial charge in [0.25, 0.3) is 5.69 Å². The number of hydrogen-bond donors (Lipinski definition) is 1. The second-order valence-electron chi connectivity index (χ2n) is 4.94. The molecule has 1 amide bonds. The van der Waals surface area contributed by atoms with Gasteiger partial charge in [-0.25, -0.2) is 4.79 Å². The number of ether oxygens (including phenoxy) is 1. The molecule has 0 radical (unpaired) electrons. The minimum atomic E-state index is -0.527. The van der Waals surface area contributed by atoms with Crippen molar-refractivity contribution in [2.75, 3.05) is 11.9 Å². The lowest BCUT2D eigenvalue weighted by Crippen LogP contribution is -2.13. The summed E-state index contributed by atoms with van der Waals surface area (Å²) in [5.74, 6) is -0.996. The Morgan fingerprint density at radius 3 is 2.68 bits per heavy atom. The van der Waals surface area contributed by atoms with Crippen LogP contribution >= 0.6 is 0 Å². The van der Waals surface area contributed by atoms with E-state index in [9.17, 15) is 19.7 Å². The Kier molecular flexibility index (Phi) is 6.00. The molecule has 0 unspecified atom stereocenters. The third-order valence-electron chi connectivity index (χ3n) is 3.19. The number of rotatable bonds is 6. The second-order valence-corrected chi connectivity index (χ2v) is 4.94. The fraction of sp³-hybridized carbons (Fsp3) is 0.111. The number of carbonyl (C=O) groups excluding carboxylic acids is 2. The third kappa shape index (κ3) is 5.00. The summed E-state index contributed by atoms with van der Waals surface area (Å²) >= 11 is 0. The molecule has 0 saturated carbocycles. The molecule has 1 N–H and O–H groups in total. The summed E-state index contributed by atoms with van der Waals surface area (Å²) in [6.07, 6.45) is 2.69. The smallest absolute Gasteiger partial charge is 0.340 e. The van der Waals surface area contributed by atoms with Crippen molar-refractivity contribution in [1.29, 1.82) is 0 Å². The zero-order chi connectivity index (χ0) is 18.2. The van der Waals surface area contributed by atoms with Crippen molar-refractivity contribution in [1.82, 2.24) is 0 Å². The Hall–Kier alpha value is -3.48. The SMILES string of the molecule is CCOC(=O)c1ccccc1NC(=O)/C=C/c1cccc([N+](=O)[O-])c1.